The molecular weight excluding hydrogens is 268 g/mol. The van der Waals surface area contributed by atoms with E-state index in [0.29, 0.717) is 18.2 Å². The minimum Gasteiger partial charge on any atom is -0.335 e. The molecule has 1 aromatic heterocycles. The van der Waals surface area contributed by atoms with Crippen LogP contribution in [0, 0.1) is 5.92 Å². The number of hydrogen-bond donors (Lipinski definition) is 1. The molecule has 1 atom stereocenters. The van der Waals surface area contributed by atoms with Crippen LogP contribution >= 0.6 is 11.3 Å². The summed E-state index contributed by atoms with van der Waals surface area (Å²) in [7, 11) is 0. The van der Waals surface area contributed by atoms with Crippen LogP contribution in [0.4, 0.5) is 0 Å². The number of carbonyl (C=O) groups is 1. The van der Waals surface area contributed by atoms with E-state index in [0.717, 1.165) is 26.1 Å². The summed E-state index contributed by atoms with van der Waals surface area (Å²) in [5.74, 6) is 0.988. The smallest absolute Gasteiger partial charge is 0.223 e. The van der Waals surface area contributed by atoms with Gasteiger partial charge < -0.3 is 10.2 Å². The van der Waals surface area contributed by atoms with E-state index in [9.17, 15) is 4.79 Å². The fraction of sp³-hybridized carbons (Fsp3) is 0.688. The van der Waals surface area contributed by atoms with Crippen molar-refractivity contribution in [1.29, 1.82) is 0 Å². The van der Waals surface area contributed by atoms with Gasteiger partial charge in [-0.15, -0.1) is 11.3 Å². The highest BCUT2D eigenvalue weighted by molar-refractivity contribution is 7.09. The Kier molecular flexibility index (Phi) is 6.05. The maximum absolute atomic E-state index is 12.5. The average Bonchev–Trinajstić information content (AvgIpc) is 2.96. The van der Waals surface area contributed by atoms with E-state index in [2.05, 4.69) is 36.7 Å². The largest absolute Gasteiger partial charge is 0.335 e. The second-order valence-electron chi connectivity index (χ2n) is 5.95. The zero-order valence-corrected chi connectivity index (χ0v) is 13.4. The van der Waals surface area contributed by atoms with Gasteiger partial charge in [-0.3, -0.25) is 4.79 Å². The first kappa shape index (κ1) is 15.5. The molecule has 1 aliphatic heterocycles. The lowest BCUT2D eigenvalue weighted by Gasteiger charge is -2.28. The number of thiophene rings is 1. The number of nitrogens with zero attached hydrogens (tertiary/aromatic N) is 1. The lowest BCUT2D eigenvalue weighted by atomic mass is 9.94. The number of piperidine rings is 1. The average molecular weight is 294 g/mol. The normalized spacial score (nSPS) is 19.2. The minimum absolute atomic E-state index is 0.272. The summed E-state index contributed by atoms with van der Waals surface area (Å²) in [4.78, 5) is 15.7. The highest BCUT2D eigenvalue weighted by Gasteiger charge is 2.20. The first-order valence-corrected chi connectivity index (χ1v) is 8.57. The molecule has 2 heterocycles. The number of rotatable bonds is 6. The van der Waals surface area contributed by atoms with E-state index in [1.807, 2.05) is 4.90 Å². The predicted octanol–water partition coefficient (Wildman–Crippen LogP) is 3.26. The third-order valence-corrected chi connectivity index (χ3v) is 4.88. The molecule has 1 amide bonds. The summed E-state index contributed by atoms with van der Waals surface area (Å²) in [6.45, 7) is 7.19. The number of nitrogens with one attached hydrogen (secondary N) is 1. The Hall–Kier alpha value is -0.870. The van der Waals surface area contributed by atoms with Gasteiger partial charge in [0.2, 0.25) is 5.91 Å². The molecule has 112 valence electrons. The Bertz CT molecular complexity index is 397. The number of amides is 1. The standard InChI is InChI=1S/C16H26N2OS/c1-13(2)18(12-15-6-4-10-20-15)16(19)8-7-14-5-3-9-17-11-14/h4,6,10,13-14,17H,3,5,7-9,11-12H2,1-2H3. The van der Waals surface area contributed by atoms with Crippen molar-refractivity contribution in [3.63, 3.8) is 0 Å². The fourth-order valence-electron chi connectivity index (χ4n) is 2.77. The highest BCUT2D eigenvalue weighted by atomic mass is 32.1. The van der Waals surface area contributed by atoms with Crippen molar-refractivity contribution >= 4 is 17.2 Å². The van der Waals surface area contributed by atoms with E-state index in [4.69, 9.17) is 0 Å². The molecule has 4 heteroatoms. The highest BCUT2D eigenvalue weighted by Crippen LogP contribution is 2.19. The molecule has 0 saturated carbocycles. The van der Waals surface area contributed by atoms with Crippen LogP contribution in [-0.2, 0) is 11.3 Å². The quantitative estimate of drug-likeness (QED) is 0.873. The summed E-state index contributed by atoms with van der Waals surface area (Å²) in [5.41, 5.74) is 0. The maximum atomic E-state index is 12.5. The van der Waals surface area contributed by atoms with Crippen molar-refractivity contribution in [3.05, 3.63) is 22.4 Å². The first-order valence-electron chi connectivity index (χ1n) is 7.69. The summed E-state index contributed by atoms with van der Waals surface area (Å²) < 4.78 is 0. The third kappa shape index (κ3) is 4.60. The lowest BCUT2D eigenvalue weighted by molar-refractivity contribution is -0.133. The molecule has 0 aliphatic carbocycles. The van der Waals surface area contributed by atoms with E-state index >= 15 is 0 Å². The molecule has 1 aromatic rings. The summed E-state index contributed by atoms with van der Waals surface area (Å²) in [5, 5.41) is 5.50. The molecule has 3 nitrogen and oxygen atoms in total. The van der Waals surface area contributed by atoms with Crippen molar-refractivity contribution in [2.75, 3.05) is 13.1 Å². The molecule has 0 aromatic carbocycles. The van der Waals surface area contributed by atoms with Crippen LogP contribution < -0.4 is 5.32 Å². The van der Waals surface area contributed by atoms with Crippen LogP contribution in [0.1, 0.15) is 44.4 Å². The van der Waals surface area contributed by atoms with Crippen LogP contribution in [0.2, 0.25) is 0 Å². The summed E-state index contributed by atoms with van der Waals surface area (Å²) in [6, 6.07) is 4.43. The zero-order valence-electron chi connectivity index (χ0n) is 12.6. The van der Waals surface area contributed by atoms with Gasteiger partial charge in [0.15, 0.2) is 0 Å². The van der Waals surface area contributed by atoms with Gasteiger partial charge in [-0.05, 0) is 63.6 Å². The van der Waals surface area contributed by atoms with Crippen molar-refractivity contribution in [3.8, 4) is 0 Å². The van der Waals surface area contributed by atoms with Crippen LogP contribution in [0.25, 0.3) is 0 Å². The third-order valence-electron chi connectivity index (χ3n) is 4.02. The van der Waals surface area contributed by atoms with Gasteiger partial charge >= 0.3 is 0 Å². The number of carbonyl (C=O) groups excluding carboxylic acids is 1. The van der Waals surface area contributed by atoms with Crippen molar-refractivity contribution < 1.29 is 4.79 Å². The lowest BCUT2D eigenvalue weighted by Crippen LogP contribution is -2.37. The van der Waals surface area contributed by atoms with Gasteiger partial charge in [0.05, 0.1) is 6.54 Å². The zero-order chi connectivity index (χ0) is 14.4. The van der Waals surface area contributed by atoms with Gasteiger partial charge in [0.1, 0.15) is 0 Å². The Labute approximate surface area is 126 Å². The van der Waals surface area contributed by atoms with E-state index in [-0.39, 0.29) is 6.04 Å². The molecule has 1 aliphatic rings. The Morgan fingerprint density at radius 1 is 1.55 bits per heavy atom. The van der Waals surface area contributed by atoms with Gasteiger partial charge in [-0.2, -0.15) is 0 Å². The van der Waals surface area contributed by atoms with Crippen molar-refractivity contribution in [2.24, 2.45) is 5.92 Å². The van der Waals surface area contributed by atoms with Crippen molar-refractivity contribution in [1.82, 2.24) is 10.2 Å². The first-order chi connectivity index (χ1) is 9.66. The Balaban J connectivity index is 1.83. The van der Waals surface area contributed by atoms with Crippen LogP contribution in [-0.4, -0.2) is 29.9 Å². The topological polar surface area (TPSA) is 32.3 Å². The second kappa shape index (κ2) is 7.79. The van der Waals surface area contributed by atoms with Gasteiger partial charge in [-0.1, -0.05) is 6.07 Å². The van der Waals surface area contributed by atoms with Crippen LogP contribution in [0.15, 0.2) is 17.5 Å². The van der Waals surface area contributed by atoms with Gasteiger partial charge in [0.25, 0.3) is 0 Å². The van der Waals surface area contributed by atoms with Gasteiger partial charge in [0, 0.05) is 17.3 Å². The molecule has 1 N–H and O–H groups in total. The molecule has 0 bridgehead atoms. The number of hydrogen-bond acceptors (Lipinski definition) is 3. The molecule has 20 heavy (non-hydrogen) atoms. The summed E-state index contributed by atoms with van der Waals surface area (Å²) in [6.07, 6.45) is 4.24. The fourth-order valence-corrected chi connectivity index (χ4v) is 3.47. The predicted molar refractivity (Wildman–Crippen MR) is 84.8 cm³/mol. The molecule has 1 saturated heterocycles. The molecule has 0 radical (unpaired) electrons. The Morgan fingerprint density at radius 3 is 3.00 bits per heavy atom. The van der Waals surface area contributed by atoms with E-state index in [1.165, 1.54) is 17.7 Å². The monoisotopic (exact) mass is 294 g/mol. The van der Waals surface area contributed by atoms with E-state index < -0.39 is 0 Å². The molecule has 1 fully saturated rings. The van der Waals surface area contributed by atoms with E-state index in [1.54, 1.807) is 11.3 Å². The van der Waals surface area contributed by atoms with Crippen LogP contribution in [0.3, 0.4) is 0 Å². The summed E-state index contributed by atoms with van der Waals surface area (Å²) >= 11 is 1.73. The van der Waals surface area contributed by atoms with Crippen LogP contribution in [0.5, 0.6) is 0 Å². The SMILES string of the molecule is CC(C)N(Cc1cccs1)C(=O)CCC1CCCNC1. The molecule has 0 spiro atoms. The maximum Gasteiger partial charge on any atom is 0.223 e. The minimum atomic E-state index is 0.272. The second-order valence-corrected chi connectivity index (χ2v) is 6.98. The molecule has 2 rings (SSSR count). The molecular formula is C16H26N2OS. The van der Waals surface area contributed by atoms with Crippen molar-refractivity contribution in [2.45, 2.75) is 52.1 Å². The molecule has 1 unspecified atom stereocenters. The van der Waals surface area contributed by atoms with Gasteiger partial charge in [-0.25, -0.2) is 0 Å². The Morgan fingerprint density at radius 2 is 2.40 bits per heavy atom.